The molecule has 3 aliphatic rings. The Morgan fingerprint density at radius 1 is 1.12 bits per heavy atom. The Bertz CT molecular complexity index is 910. The molecule has 0 radical (unpaired) electrons. The fourth-order valence-electron chi connectivity index (χ4n) is 6.05. The molecule has 2 bridgehead atoms. The number of aromatic nitrogens is 3. The maximum Gasteiger partial charge on any atom is 0.230 e. The molecule has 7 heteroatoms. The van der Waals surface area contributed by atoms with Gasteiger partial charge in [-0.1, -0.05) is 48.5 Å². The van der Waals surface area contributed by atoms with Crippen LogP contribution in [-0.2, 0) is 17.9 Å². The van der Waals surface area contributed by atoms with Crippen LogP contribution in [0.5, 0.6) is 0 Å². The summed E-state index contributed by atoms with van der Waals surface area (Å²) in [5.74, 6) is 3.89. The summed E-state index contributed by atoms with van der Waals surface area (Å²) in [6.45, 7) is 6.02. The summed E-state index contributed by atoms with van der Waals surface area (Å²) in [5, 5.41) is 13.1. The van der Waals surface area contributed by atoms with Crippen molar-refractivity contribution in [2.24, 2.45) is 17.8 Å². The van der Waals surface area contributed by atoms with Crippen LogP contribution in [0.1, 0.15) is 56.8 Å². The lowest BCUT2D eigenvalue weighted by atomic mass is 9.84. The van der Waals surface area contributed by atoms with Gasteiger partial charge < -0.3 is 9.88 Å². The van der Waals surface area contributed by atoms with Crippen molar-refractivity contribution in [2.45, 2.75) is 69.7 Å². The van der Waals surface area contributed by atoms with E-state index >= 15 is 0 Å². The molecule has 2 aliphatic carbocycles. The average molecular weight is 454 g/mol. The molecule has 2 saturated carbocycles. The normalized spacial score (nSPS) is 26.0. The van der Waals surface area contributed by atoms with E-state index in [0.29, 0.717) is 11.7 Å². The lowest BCUT2D eigenvalue weighted by Crippen LogP contribution is -2.41. The molecule has 172 valence electrons. The Morgan fingerprint density at radius 3 is 2.66 bits per heavy atom. The van der Waals surface area contributed by atoms with Crippen LogP contribution in [0.2, 0.25) is 0 Å². The molecule has 1 aliphatic heterocycles. The van der Waals surface area contributed by atoms with Crippen molar-refractivity contribution in [3.63, 3.8) is 0 Å². The molecule has 4 atom stereocenters. The zero-order valence-electron chi connectivity index (χ0n) is 19.1. The molecule has 1 N–H and O–H groups in total. The van der Waals surface area contributed by atoms with Gasteiger partial charge in [0.25, 0.3) is 0 Å². The van der Waals surface area contributed by atoms with E-state index < -0.39 is 0 Å². The fraction of sp³-hybridized carbons (Fsp3) is 0.640. The van der Waals surface area contributed by atoms with E-state index in [1.807, 2.05) is 6.07 Å². The molecule has 6 nitrogen and oxygen atoms in total. The summed E-state index contributed by atoms with van der Waals surface area (Å²) in [5.41, 5.74) is 1.23. The summed E-state index contributed by atoms with van der Waals surface area (Å²) in [7, 11) is 0. The second-order valence-corrected chi connectivity index (χ2v) is 10.9. The number of rotatable bonds is 9. The van der Waals surface area contributed by atoms with E-state index in [0.717, 1.165) is 49.0 Å². The number of hydrogen-bond donors (Lipinski definition) is 1. The van der Waals surface area contributed by atoms with Gasteiger partial charge in [0.05, 0.1) is 18.8 Å². The third-order valence-electron chi connectivity index (χ3n) is 7.70. The molecule has 5 rings (SSSR count). The molecule has 32 heavy (non-hydrogen) atoms. The number of thioether (sulfide) groups is 1. The van der Waals surface area contributed by atoms with Gasteiger partial charge in [0, 0.05) is 6.04 Å². The first-order chi connectivity index (χ1) is 15.7. The van der Waals surface area contributed by atoms with Gasteiger partial charge in [-0.25, -0.2) is 0 Å². The van der Waals surface area contributed by atoms with Gasteiger partial charge in [0.2, 0.25) is 5.91 Å². The lowest BCUT2D eigenvalue weighted by molar-refractivity contribution is -0.119. The molecule has 2 heterocycles. The van der Waals surface area contributed by atoms with Gasteiger partial charge in [-0.2, -0.15) is 0 Å². The number of fused-ring (bicyclic) bond motifs is 2. The van der Waals surface area contributed by atoms with Crippen LogP contribution in [0.3, 0.4) is 0 Å². The predicted octanol–water partition coefficient (Wildman–Crippen LogP) is 3.96. The third kappa shape index (κ3) is 5.04. The molecule has 1 aromatic heterocycles. The number of likely N-dealkylation sites (tertiary alicyclic amines) is 1. The molecular formula is C25H35N5OS. The number of nitrogens with one attached hydrogen (secondary N) is 1. The van der Waals surface area contributed by atoms with Gasteiger partial charge >= 0.3 is 0 Å². The Hall–Kier alpha value is -1.86. The number of carbonyl (C=O) groups excluding carboxylic acids is 1. The Morgan fingerprint density at radius 2 is 1.94 bits per heavy atom. The fourth-order valence-corrected chi connectivity index (χ4v) is 6.82. The SMILES string of the molecule is CC(NC(=O)CSc1nnc(CN2CCCC2)n1Cc1ccccc1)C1CC2CCC1C2. The summed E-state index contributed by atoms with van der Waals surface area (Å²) in [6, 6.07) is 10.7. The first kappa shape index (κ1) is 22.0. The summed E-state index contributed by atoms with van der Waals surface area (Å²) in [6.07, 6.45) is 7.94. The highest BCUT2D eigenvalue weighted by molar-refractivity contribution is 7.99. The molecule has 1 saturated heterocycles. The Kier molecular flexibility index (Phi) is 6.83. The van der Waals surface area contributed by atoms with Crippen LogP contribution in [0.4, 0.5) is 0 Å². The Labute approximate surface area is 195 Å². The smallest absolute Gasteiger partial charge is 0.230 e. The van der Waals surface area contributed by atoms with Crippen LogP contribution in [0.25, 0.3) is 0 Å². The number of nitrogens with zero attached hydrogens (tertiary/aromatic N) is 4. The zero-order chi connectivity index (χ0) is 21.9. The number of hydrogen-bond acceptors (Lipinski definition) is 5. The van der Waals surface area contributed by atoms with Crippen LogP contribution in [-0.4, -0.2) is 50.5 Å². The minimum absolute atomic E-state index is 0.112. The van der Waals surface area contributed by atoms with Gasteiger partial charge in [-0.15, -0.1) is 10.2 Å². The molecule has 0 spiro atoms. The van der Waals surface area contributed by atoms with Crippen molar-refractivity contribution < 1.29 is 4.79 Å². The second-order valence-electron chi connectivity index (χ2n) is 9.94. The molecule has 1 aromatic carbocycles. The lowest BCUT2D eigenvalue weighted by Gasteiger charge is -2.28. The first-order valence-corrected chi connectivity index (χ1v) is 13.2. The van der Waals surface area contributed by atoms with Crippen molar-refractivity contribution >= 4 is 17.7 Å². The molecule has 1 amide bonds. The minimum atomic E-state index is 0.112. The quantitative estimate of drug-likeness (QED) is 0.583. The number of amides is 1. The monoisotopic (exact) mass is 453 g/mol. The van der Waals surface area contributed by atoms with Crippen LogP contribution < -0.4 is 5.32 Å². The van der Waals surface area contributed by atoms with Crippen molar-refractivity contribution in [3.05, 3.63) is 41.7 Å². The van der Waals surface area contributed by atoms with Crippen LogP contribution >= 0.6 is 11.8 Å². The average Bonchev–Trinajstić information content (AvgIpc) is 3.60. The second kappa shape index (κ2) is 9.96. The topological polar surface area (TPSA) is 63.1 Å². The van der Waals surface area contributed by atoms with E-state index in [1.165, 1.54) is 55.9 Å². The summed E-state index contributed by atoms with van der Waals surface area (Å²) >= 11 is 1.51. The first-order valence-electron chi connectivity index (χ1n) is 12.3. The minimum Gasteiger partial charge on any atom is -0.353 e. The zero-order valence-corrected chi connectivity index (χ0v) is 19.9. The molecular weight excluding hydrogens is 418 g/mol. The van der Waals surface area contributed by atoms with Crippen molar-refractivity contribution in [1.82, 2.24) is 25.0 Å². The van der Waals surface area contributed by atoms with Crippen molar-refractivity contribution in [2.75, 3.05) is 18.8 Å². The molecule has 3 fully saturated rings. The number of carbonyl (C=O) groups is 1. The maximum absolute atomic E-state index is 12.7. The highest BCUT2D eigenvalue weighted by Crippen LogP contribution is 2.49. The van der Waals surface area contributed by atoms with Gasteiger partial charge in [0.1, 0.15) is 5.82 Å². The van der Waals surface area contributed by atoms with Gasteiger partial charge in [0.15, 0.2) is 5.16 Å². The van der Waals surface area contributed by atoms with E-state index in [4.69, 9.17) is 0 Å². The van der Waals surface area contributed by atoms with Gasteiger partial charge in [-0.05, 0) is 75.4 Å². The highest BCUT2D eigenvalue weighted by Gasteiger charge is 2.42. The van der Waals surface area contributed by atoms with E-state index in [1.54, 1.807) is 0 Å². The van der Waals surface area contributed by atoms with Crippen LogP contribution in [0.15, 0.2) is 35.5 Å². The van der Waals surface area contributed by atoms with E-state index in [-0.39, 0.29) is 11.9 Å². The predicted molar refractivity (Wildman–Crippen MR) is 127 cm³/mol. The summed E-state index contributed by atoms with van der Waals surface area (Å²) in [4.78, 5) is 15.2. The highest BCUT2D eigenvalue weighted by atomic mass is 32.2. The van der Waals surface area contributed by atoms with Crippen LogP contribution in [0, 0.1) is 17.8 Å². The maximum atomic E-state index is 12.7. The third-order valence-corrected chi connectivity index (χ3v) is 8.66. The number of benzene rings is 1. The Balaban J connectivity index is 1.22. The van der Waals surface area contributed by atoms with Crippen molar-refractivity contribution in [1.29, 1.82) is 0 Å². The standard InChI is InChI=1S/C25H35N5OS/c1-18(22-14-20-9-10-21(22)13-20)26-24(31)17-32-25-28-27-23(16-29-11-5-6-12-29)30(25)15-19-7-3-2-4-8-19/h2-4,7-8,18,20-22H,5-6,9-17H2,1H3,(H,26,31). The van der Waals surface area contributed by atoms with E-state index in [9.17, 15) is 4.79 Å². The molecule has 4 unspecified atom stereocenters. The largest absolute Gasteiger partial charge is 0.353 e. The summed E-state index contributed by atoms with van der Waals surface area (Å²) < 4.78 is 2.20. The van der Waals surface area contributed by atoms with Crippen molar-refractivity contribution in [3.8, 4) is 0 Å². The molecule has 2 aromatic rings. The van der Waals surface area contributed by atoms with Gasteiger partial charge in [-0.3, -0.25) is 9.69 Å². The van der Waals surface area contributed by atoms with E-state index in [2.05, 4.69) is 56.2 Å².